The molecule has 2 nitrogen and oxygen atoms in total. The third-order valence-electron chi connectivity index (χ3n) is 0.167. The molecule has 0 spiro atoms. The minimum atomic E-state index is 0. The zero-order valence-electron chi connectivity index (χ0n) is 3.57. The molecule has 0 aromatic rings. The minimum absolute atomic E-state index is 0. The van der Waals surface area contributed by atoms with Gasteiger partial charge in [0.1, 0.15) is 0 Å². The molecule has 4 N–H and O–H groups in total. The van der Waals surface area contributed by atoms with Gasteiger partial charge in [-0.2, -0.15) is 27.0 Å². The summed E-state index contributed by atoms with van der Waals surface area (Å²) in [7, 11) is 0. The molecule has 0 aliphatic carbocycles. The van der Waals surface area contributed by atoms with E-state index in [-0.39, 0.29) is 27.0 Å². The summed E-state index contributed by atoms with van der Waals surface area (Å²) in [6, 6.07) is 0. The van der Waals surface area contributed by atoms with Crippen molar-refractivity contribution in [1.82, 2.24) is 0 Å². The van der Waals surface area contributed by atoms with Crippen LogP contribution in [0.25, 0.3) is 0 Å². The highest BCUT2D eigenvalue weighted by atomic mass is 32.1. The Morgan fingerprint density at radius 2 is 1.00 bits per heavy atom. The van der Waals surface area contributed by atoms with Crippen LogP contribution in [0.1, 0.15) is 0 Å². The molecule has 0 rings (SSSR count). The van der Waals surface area contributed by atoms with Gasteiger partial charge in [0.15, 0.2) is 0 Å². The van der Waals surface area contributed by atoms with Gasteiger partial charge in [0, 0.05) is 13.1 Å². The van der Waals surface area contributed by atoms with E-state index in [0.717, 1.165) is 0 Å². The third kappa shape index (κ3) is 23.1. The van der Waals surface area contributed by atoms with Gasteiger partial charge in [0.05, 0.1) is 0 Å². The van der Waals surface area contributed by atoms with Crippen molar-refractivity contribution in [3.63, 3.8) is 0 Å². The fourth-order valence-corrected chi connectivity index (χ4v) is 0. The van der Waals surface area contributed by atoms with Gasteiger partial charge in [0.2, 0.25) is 0 Å². The van der Waals surface area contributed by atoms with Crippen LogP contribution in [-0.4, -0.2) is 13.1 Å². The largest absolute Gasteiger partial charge is 0.329 e. The van der Waals surface area contributed by atoms with Crippen LogP contribution in [0, 0.1) is 0 Å². The van der Waals surface area contributed by atoms with Crippen LogP contribution < -0.4 is 11.5 Å². The van der Waals surface area contributed by atoms with E-state index >= 15 is 0 Å². The maximum atomic E-state index is 4.90. The Kier molecular flexibility index (Phi) is 46.5. The van der Waals surface area contributed by atoms with Gasteiger partial charge in [-0.05, 0) is 0 Å². The monoisotopic (exact) mass is 128 g/mol. The van der Waals surface area contributed by atoms with Crippen molar-refractivity contribution >= 4 is 27.0 Å². The molecule has 0 saturated heterocycles. The Morgan fingerprint density at radius 1 is 0.833 bits per heavy atom. The first-order valence-corrected chi connectivity index (χ1v) is 1.32. The van der Waals surface area contributed by atoms with Gasteiger partial charge in [-0.25, -0.2) is 0 Å². The zero-order valence-corrected chi connectivity index (χ0v) is 5.57. The molecule has 0 atom stereocenters. The summed E-state index contributed by atoms with van der Waals surface area (Å²) in [6.07, 6.45) is 0. The SMILES string of the molecule is NCCN.S.S. The van der Waals surface area contributed by atoms with Gasteiger partial charge in [-0.15, -0.1) is 0 Å². The lowest BCUT2D eigenvalue weighted by Crippen LogP contribution is -2.11. The van der Waals surface area contributed by atoms with E-state index in [1.54, 1.807) is 0 Å². The van der Waals surface area contributed by atoms with E-state index < -0.39 is 0 Å². The van der Waals surface area contributed by atoms with Gasteiger partial charge in [0.25, 0.3) is 0 Å². The van der Waals surface area contributed by atoms with Crippen molar-refractivity contribution in [2.75, 3.05) is 13.1 Å². The van der Waals surface area contributed by atoms with Crippen LogP contribution >= 0.6 is 27.0 Å². The number of rotatable bonds is 1. The molecule has 0 fully saturated rings. The maximum Gasteiger partial charge on any atom is 0.00461 e. The molecule has 0 aliphatic heterocycles. The highest BCUT2D eigenvalue weighted by molar-refractivity contribution is 7.59. The van der Waals surface area contributed by atoms with Crippen LogP contribution in [0.5, 0.6) is 0 Å². The molecule has 0 amide bonds. The molecule has 0 bridgehead atoms. The number of hydrogen-bond acceptors (Lipinski definition) is 2. The molecular weight excluding hydrogens is 116 g/mol. The average molecular weight is 128 g/mol. The molecule has 42 valence electrons. The highest BCUT2D eigenvalue weighted by Crippen LogP contribution is 1.24. The van der Waals surface area contributed by atoms with E-state index in [1.807, 2.05) is 0 Å². The van der Waals surface area contributed by atoms with Crippen molar-refractivity contribution < 1.29 is 0 Å². The summed E-state index contributed by atoms with van der Waals surface area (Å²) >= 11 is 0. The second kappa shape index (κ2) is 17.5. The van der Waals surface area contributed by atoms with E-state index in [9.17, 15) is 0 Å². The summed E-state index contributed by atoms with van der Waals surface area (Å²) in [5.41, 5.74) is 9.81. The van der Waals surface area contributed by atoms with Crippen molar-refractivity contribution in [3.8, 4) is 0 Å². The Balaban J connectivity index is -0.0000000450. The van der Waals surface area contributed by atoms with Crippen molar-refractivity contribution in [2.24, 2.45) is 11.5 Å². The second-order valence-electron chi connectivity index (χ2n) is 0.577. The smallest absolute Gasteiger partial charge is 0.00461 e. The van der Waals surface area contributed by atoms with E-state index in [0.29, 0.717) is 13.1 Å². The molecule has 0 aliphatic rings. The van der Waals surface area contributed by atoms with Crippen molar-refractivity contribution in [3.05, 3.63) is 0 Å². The molecule has 0 aromatic heterocycles. The van der Waals surface area contributed by atoms with E-state index in [1.165, 1.54) is 0 Å². The summed E-state index contributed by atoms with van der Waals surface area (Å²) in [5, 5.41) is 0. The minimum Gasteiger partial charge on any atom is -0.329 e. The fraction of sp³-hybridized carbons (Fsp3) is 1.00. The molecular formula is C2H12N2S2. The van der Waals surface area contributed by atoms with Crippen molar-refractivity contribution in [2.45, 2.75) is 0 Å². The summed E-state index contributed by atoms with van der Waals surface area (Å²) in [6.45, 7) is 1.19. The Hall–Kier alpha value is 0.620. The molecule has 0 saturated carbocycles. The predicted octanol–water partition coefficient (Wildman–Crippen LogP) is -0.871. The summed E-state index contributed by atoms with van der Waals surface area (Å²) in [5.74, 6) is 0. The van der Waals surface area contributed by atoms with Crippen LogP contribution in [-0.2, 0) is 0 Å². The first kappa shape index (κ1) is 16.0. The van der Waals surface area contributed by atoms with Gasteiger partial charge < -0.3 is 11.5 Å². The number of nitrogens with two attached hydrogens (primary N) is 2. The summed E-state index contributed by atoms with van der Waals surface area (Å²) < 4.78 is 0. The van der Waals surface area contributed by atoms with Crippen LogP contribution in [0.4, 0.5) is 0 Å². The molecule has 6 heavy (non-hydrogen) atoms. The first-order valence-electron chi connectivity index (χ1n) is 1.32. The first-order chi connectivity index (χ1) is 1.91. The Bertz CT molecular complexity index is 11.5. The normalized spacial score (nSPS) is 5.00. The van der Waals surface area contributed by atoms with Gasteiger partial charge in [-0.1, -0.05) is 0 Å². The second-order valence-corrected chi connectivity index (χ2v) is 0.577. The predicted molar refractivity (Wildman–Crippen MR) is 38.9 cm³/mol. The van der Waals surface area contributed by atoms with Gasteiger partial charge in [-0.3, -0.25) is 0 Å². The lowest BCUT2D eigenvalue weighted by Gasteiger charge is -1.72. The fourth-order valence-electron chi connectivity index (χ4n) is 0. The van der Waals surface area contributed by atoms with Crippen molar-refractivity contribution in [1.29, 1.82) is 0 Å². The van der Waals surface area contributed by atoms with Crippen LogP contribution in [0.3, 0.4) is 0 Å². The molecule has 0 radical (unpaired) electrons. The number of hydrogen-bond donors (Lipinski definition) is 2. The molecule has 0 unspecified atom stereocenters. The average Bonchev–Trinajstić information content (AvgIpc) is 1.37. The van der Waals surface area contributed by atoms with Crippen LogP contribution in [0.2, 0.25) is 0 Å². The third-order valence-corrected chi connectivity index (χ3v) is 0.167. The summed E-state index contributed by atoms with van der Waals surface area (Å²) in [4.78, 5) is 0. The molecule has 0 aromatic carbocycles. The quantitative estimate of drug-likeness (QED) is 0.482. The highest BCUT2D eigenvalue weighted by Gasteiger charge is 1.54. The Morgan fingerprint density at radius 3 is 1.00 bits per heavy atom. The van der Waals surface area contributed by atoms with Crippen LogP contribution in [0.15, 0.2) is 0 Å². The van der Waals surface area contributed by atoms with Gasteiger partial charge >= 0.3 is 0 Å². The lowest BCUT2D eigenvalue weighted by molar-refractivity contribution is 0.976. The molecule has 4 heteroatoms. The lowest BCUT2D eigenvalue weighted by atomic mass is 10.7. The Labute approximate surface area is 52.2 Å². The standard InChI is InChI=1S/C2H8N2.2H2S/c3-1-2-4;;/h1-4H2;2*1H2. The maximum absolute atomic E-state index is 4.90. The topological polar surface area (TPSA) is 52.0 Å². The van der Waals surface area contributed by atoms with E-state index in [4.69, 9.17) is 11.5 Å². The van der Waals surface area contributed by atoms with E-state index in [2.05, 4.69) is 0 Å². The zero-order chi connectivity index (χ0) is 3.41. The molecule has 0 heterocycles.